The van der Waals surface area contributed by atoms with Gasteiger partial charge in [-0.1, -0.05) is 27.7 Å². The van der Waals surface area contributed by atoms with E-state index in [1.807, 2.05) is 6.92 Å². The van der Waals surface area contributed by atoms with Crippen LogP contribution in [0.4, 0.5) is 0 Å². The van der Waals surface area contributed by atoms with Crippen LogP contribution in [0.15, 0.2) is 5.57 Å². The summed E-state index contributed by atoms with van der Waals surface area (Å²) < 4.78 is 5.83. The topological polar surface area (TPSA) is 9.23 Å². The first-order valence-corrected chi connectivity index (χ1v) is 7.29. The van der Waals surface area contributed by atoms with Crippen LogP contribution in [-0.4, -0.2) is 14.9 Å². The molecule has 1 nitrogen and oxygen atoms in total. The van der Waals surface area contributed by atoms with Crippen molar-refractivity contribution in [1.29, 1.82) is 0 Å². The van der Waals surface area contributed by atoms with E-state index in [9.17, 15) is 0 Å². The summed E-state index contributed by atoms with van der Waals surface area (Å²) in [5.74, 6) is 0. The Morgan fingerprint density at radius 2 is 1.64 bits per heavy atom. The molecule has 0 aliphatic carbocycles. The second-order valence-electron chi connectivity index (χ2n) is 4.90. The van der Waals surface area contributed by atoms with Crippen molar-refractivity contribution < 1.29 is 23.9 Å². The Morgan fingerprint density at radius 3 is 1.86 bits per heavy atom. The van der Waals surface area contributed by atoms with E-state index in [1.165, 1.54) is 0 Å². The first-order valence-electron chi connectivity index (χ1n) is 4.39. The third-order valence-corrected chi connectivity index (χ3v) is 6.95. The summed E-state index contributed by atoms with van der Waals surface area (Å²) in [6.07, 6.45) is 0. The minimum Gasteiger partial charge on any atom is -0.513 e. The average Bonchev–Trinajstić information content (AvgIpc) is 1.81. The predicted molar refractivity (Wildman–Crippen MR) is 63.1 cm³/mol. The Labute approximate surface area is 104 Å². The molecule has 0 unspecified atom stereocenters. The molecule has 0 spiro atoms. The van der Waals surface area contributed by atoms with Gasteiger partial charge in [-0.3, -0.25) is 0 Å². The van der Waals surface area contributed by atoms with E-state index in [2.05, 4.69) is 33.9 Å². The molecular formula is C11H24OSiZn. The molecule has 0 saturated carbocycles. The van der Waals surface area contributed by atoms with Gasteiger partial charge in [0.15, 0.2) is 8.32 Å². The zero-order valence-electron chi connectivity index (χ0n) is 10.9. The second-order valence-corrected chi connectivity index (χ2v) is 9.70. The Morgan fingerprint density at radius 1 is 1.29 bits per heavy atom. The summed E-state index contributed by atoms with van der Waals surface area (Å²) in [6.45, 7) is 19.2. The summed E-state index contributed by atoms with van der Waals surface area (Å²) in [5.41, 5.74) is 0.861. The third kappa shape index (κ3) is 6.92. The van der Waals surface area contributed by atoms with Gasteiger partial charge < -0.3 is 18.4 Å². The van der Waals surface area contributed by atoms with Gasteiger partial charge in [0.2, 0.25) is 0 Å². The van der Waals surface area contributed by atoms with Crippen molar-refractivity contribution >= 4 is 8.32 Å². The van der Waals surface area contributed by atoms with E-state index in [4.69, 9.17) is 11.0 Å². The molecule has 0 aliphatic heterocycles. The van der Waals surface area contributed by atoms with E-state index in [-0.39, 0.29) is 31.9 Å². The standard InChI is InChI=1S/C10H21OSi.CH3.Zn/c1-9(2)8-11-12(6,7)10(3,4)5;;/h1H,8H2,2-7H3;1H3;/q2*-1;+2. The second kappa shape index (κ2) is 6.92. The largest absolute Gasteiger partial charge is 2.00 e. The zero-order valence-corrected chi connectivity index (χ0v) is 14.9. The molecule has 0 radical (unpaired) electrons. The van der Waals surface area contributed by atoms with Gasteiger partial charge in [0.1, 0.15) is 0 Å². The first-order chi connectivity index (χ1) is 5.17. The van der Waals surface area contributed by atoms with Crippen molar-refractivity contribution in [2.75, 3.05) is 6.61 Å². The van der Waals surface area contributed by atoms with E-state index < -0.39 is 8.32 Å². The van der Waals surface area contributed by atoms with E-state index in [0.717, 1.165) is 5.57 Å². The molecule has 0 fully saturated rings. The van der Waals surface area contributed by atoms with Crippen molar-refractivity contribution in [2.45, 2.75) is 45.8 Å². The fraction of sp³-hybridized carbons (Fsp3) is 0.727. The quantitative estimate of drug-likeness (QED) is 0.557. The summed E-state index contributed by atoms with van der Waals surface area (Å²) in [7, 11) is -1.57. The monoisotopic (exact) mass is 264 g/mol. The Bertz CT molecular complexity index is 171. The Kier molecular flexibility index (Phi) is 9.90. The van der Waals surface area contributed by atoms with Crippen molar-refractivity contribution in [3.8, 4) is 0 Å². The van der Waals surface area contributed by atoms with Crippen LogP contribution in [0.5, 0.6) is 0 Å². The van der Waals surface area contributed by atoms with Gasteiger partial charge in [0.05, 0.1) is 0 Å². The van der Waals surface area contributed by atoms with Gasteiger partial charge in [0.25, 0.3) is 0 Å². The molecule has 0 atom stereocenters. The van der Waals surface area contributed by atoms with Crippen molar-refractivity contribution in [3.63, 3.8) is 0 Å². The molecule has 0 heterocycles. The molecule has 0 aromatic heterocycles. The Balaban J connectivity index is -0.000000605. The molecule has 0 bridgehead atoms. The maximum atomic E-state index is 5.83. The third-order valence-electron chi connectivity index (χ3n) is 2.47. The predicted octanol–water partition coefficient (Wildman–Crippen LogP) is 3.84. The van der Waals surface area contributed by atoms with Crippen LogP contribution >= 0.6 is 0 Å². The molecule has 0 aromatic carbocycles. The normalized spacial score (nSPS) is 11.3. The molecule has 3 heteroatoms. The van der Waals surface area contributed by atoms with Crippen molar-refractivity contribution in [3.05, 3.63) is 19.6 Å². The van der Waals surface area contributed by atoms with Crippen LogP contribution in [0.1, 0.15) is 27.7 Å². The molecular weight excluding hydrogens is 242 g/mol. The average molecular weight is 266 g/mol. The fourth-order valence-electron chi connectivity index (χ4n) is 0.511. The van der Waals surface area contributed by atoms with Crippen LogP contribution in [0, 0.1) is 14.0 Å². The molecule has 0 aliphatic rings. The van der Waals surface area contributed by atoms with Crippen LogP contribution in [0.3, 0.4) is 0 Å². The van der Waals surface area contributed by atoms with Gasteiger partial charge in [-0.15, -0.1) is 0 Å². The van der Waals surface area contributed by atoms with Crippen molar-refractivity contribution in [1.82, 2.24) is 0 Å². The smallest absolute Gasteiger partial charge is 0.513 e. The number of hydrogen-bond acceptors (Lipinski definition) is 1. The van der Waals surface area contributed by atoms with E-state index in [0.29, 0.717) is 6.61 Å². The molecule has 0 aromatic rings. The molecule has 0 rings (SSSR count). The molecule has 0 amide bonds. The maximum absolute atomic E-state index is 5.83. The van der Waals surface area contributed by atoms with E-state index in [1.54, 1.807) is 0 Å². The van der Waals surface area contributed by atoms with Gasteiger partial charge >= 0.3 is 19.5 Å². The van der Waals surface area contributed by atoms with Crippen LogP contribution in [0.2, 0.25) is 18.1 Å². The van der Waals surface area contributed by atoms with Crippen LogP contribution < -0.4 is 0 Å². The zero-order chi connectivity index (χ0) is 9.99. The summed E-state index contributed by atoms with van der Waals surface area (Å²) >= 11 is 0. The van der Waals surface area contributed by atoms with Gasteiger partial charge in [-0.2, -0.15) is 0 Å². The minimum absolute atomic E-state index is 0. The molecule has 0 N–H and O–H groups in total. The number of hydrogen-bond donors (Lipinski definition) is 0. The Hall–Kier alpha value is 0.540. The summed E-state index contributed by atoms with van der Waals surface area (Å²) in [4.78, 5) is 0. The summed E-state index contributed by atoms with van der Waals surface area (Å²) in [5, 5.41) is 0.280. The SMILES string of the molecule is [CH-]=C(C)CO[Si](C)(C)C(C)(C)C.[CH3-].[Zn+2]. The van der Waals surface area contributed by atoms with Gasteiger partial charge in [-0.05, 0) is 18.1 Å². The first kappa shape index (κ1) is 20.0. The van der Waals surface area contributed by atoms with Crippen LogP contribution in [-0.2, 0) is 23.9 Å². The van der Waals surface area contributed by atoms with Crippen LogP contribution in [0.25, 0.3) is 0 Å². The maximum Gasteiger partial charge on any atom is 2.00 e. The van der Waals surface area contributed by atoms with Crippen molar-refractivity contribution in [2.24, 2.45) is 0 Å². The molecule has 0 saturated heterocycles. The molecule has 14 heavy (non-hydrogen) atoms. The summed E-state index contributed by atoms with van der Waals surface area (Å²) in [6, 6.07) is 0. The van der Waals surface area contributed by atoms with E-state index >= 15 is 0 Å². The molecule has 80 valence electrons. The number of rotatable bonds is 3. The minimum atomic E-state index is -1.57. The fourth-order valence-corrected chi connectivity index (χ4v) is 1.53. The van der Waals surface area contributed by atoms with Gasteiger partial charge in [0, 0.05) is 6.61 Å². The van der Waals surface area contributed by atoms with Gasteiger partial charge in [-0.25, -0.2) is 5.57 Å².